The number of rotatable bonds is 3. The summed E-state index contributed by atoms with van der Waals surface area (Å²) < 4.78 is 27.2. The third kappa shape index (κ3) is 3.06. The highest BCUT2D eigenvalue weighted by Gasteiger charge is 2.41. The molecular weight excluding hydrogens is 376 g/mol. The van der Waals surface area contributed by atoms with E-state index in [0.29, 0.717) is 36.5 Å². The Bertz CT molecular complexity index is 1030. The number of hydrogen-bond donors (Lipinski definition) is 1. The zero-order valence-electron chi connectivity index (χ0n) is 15.6. The SMILES string of the molecule is CC1c2ccc(C#N)n2CCN1C(=O)NC1CC(S(=O)(=O)c2ccccc2)C1. The molecule has 1 aromatic heterocycles. The van der Waals surface area contributed by atoms with E-state index in [0.717, 1.165) is 5.69 Å². The Kier molecular flexibility index (Phi) is 4.63. The molecule has 7 nitrogen and oxygen atoms in total. The molecule has 4 rings (SSSR count). The Hall–Kier alpha value is -2.79. The molecule has 0 saturated heterocycles. The van der Waals surface area contributed by atoms with Crippen LogP contribution in [-0.4, -0.2) is 41.8 Å². The van der Waals surface area contributed by atoms with Crippen molar-refractivity contribution in [3.63, 3.8) is 0 Å². The standard InChI is InChI=1S/C20H22N4O3S/c1-14-19-8-7-16(13-21)24(19)10-9-23(14)20(25)22-15-11-18(12-15)28(26,27)17-5-3-2-4-6-17/h2-8,14-15,18H,9-12H2,1H3,(H,22,25). The molecule has 2 amide bonds. The Morgan fingerprint density at radius 3 is 2.54 bits per heavy atom. The third-order valence-electron chi connectivity index (χ3n) is 5.78. The molecule has 28 heavy (non-hydrogen) atoms. The summed E-state index contributed by atoms with van der Waals surface area (Å²) in [6.45, 7) is 3.04. The van der Waals surface area contributed by atoms with E-state index >= 15 is 0 Å². The Labute approximate surface area is 164 Å². The molecule has 0 spiro atoms. The van der Waals surface area contributed by atoms with Crippen LogP contribution in [0.5, 0.6) is 0 Å². The molecule has 2 heterocycles. The average Bonchev–Trinajstić information content (AvgIpc) is 3.09. The number of urea groups is 1. The van der Waals surface area contributed by atoms with Gasteiger partial charge in [0.25, 0.3) is 0 Å². The van der Waals surface area contributed by atoms with Crippen molar-refractivity contribution >= 4 is 15.9 Å². The molecule has 2 aliphatic rings. The highest BCUT2D eigenvalue weighted by Crippen LogP contribution is 2.33. The molecule has 1 unspecified atom stereocenters. The maximum Gasteiger partial charge on any atom is 0.318 e. The van der Waals surface area contributed by atoms with E-state index in [9.17, 15) is 13.2 Å². The number of fused-ring (bicyclic) bond motifs is 1. The third-order valence-corrected chi connectivity index (χ3v) is 7.97. The maximum atomic E-state index is 12.7. The molecule has 1 fully saturated rings. The van der Waals surface area contributed by atoms with E-state index in [1.54, 1.807) is 41.3 Å². The van der Waals surface area contributed by atoms with Gasteiger partial charge in [-0.2, -0.15) is 5.26 Å². The summed E-state index contributed by atoms with van der Waals surface area (Å²) in [6, 6.07) is 13.8. The van der Waals surface area contributed by atoms with Gasteiger partial charge in [0.1, 0.15) is 11.8 Å². The molecular formula is C20H22N4O3S. The molecule has 1 aromatic carbocycles. The number of amides is 2. The lowest BCUT2D eigenvalue weighted by atomic mass is 9.92. The molecule has 146 valence electrons. The predicted molar refractivity (Wildman–Crippen MR) is 103 cm³/mol. The van der Waals surface area contributed by atoms with Gasteiger partial charge in [-0.15, -0.1) is 0 Å². The van der Waals surface area contributed by atoms with E-state index in [4.69, 9.17) is 5.26 Å². The Balaban J connectivity index is 1.37. The summed E-state index contributed by atoms with van der Waals surface area (Å²) >= 11 is 0. The van der Waals surface area contributed by atoms with E-state index in [-0.39, 0.29) is 18.1 Å². The van der Waals surface area contributed by atoms with Crippen LogP contribution in [0.1, 0.15) is 37.2 Å². The van der Waals surface area contributed by atoms with Crippen molar-refractivity contribution in [2.75, 3.05) is 6.54 Å². The number of sulfone groups is 1. The van der Waals surface area contributed by atoms with Crippen molar-refractivity contribution in [1.82, 2.24) is 14.8 Å². The zero-order valence-corrected chi connectivity index (χ0v) is 16.4. The first-order chi connectivity index (χ1) is 13.4. The first kappa shape index (κ1) is 18.6. The fourth-order valence-corrected chi connectivity index (χ4v) is 5.92. The summed E-state index contributed by atoms with van der Waals surface area (Å²) in [5.41, 5.74) is 1.55. The van der Waals surface area contributed by atoms with Crippen molar-refractivity contribution in [1.29, 1.82) is 5.26 Å². The van der Waals surface area contributed by atoms with E-state index in [1.807, 2.05) is 17.6 Å². The summed E-state index contributed by atoms with van der Waals surface area (Å²) in [4.78, 5) is 14.8. The van der Waals surface area contributed by atoms with Gasteiger partial charge in [-0.3, -0.25) is 0 Å². The second-order valence-corrected chi connectivity index (χ2v) is 9.60. The van der Waals surface area contributed by atoms with Gasteiger partial charge in [-0.05, 0) is 44.0 Å². The Morgan fingerprint density at radius 1 is 1.14 bits per heavy atom. The molecule has 1 aliphatic heterocycles. The van der Waals surface area contributed by atoms with Gasteiger partial charge >= 0.3 is 6.03 Å². The second kappa shape index (κ2) is 6.99. The minimum atomic E-state index is -3.35. The van der Waals surface area contributed by atoms with Crippen molar-refractivity contribution in [3.8, 4) is 6.07 Å². The molecule has 1 aliphatic carbocycles. The molecule has 1 N–H and O–H groups in total. The molecule has 8 heteroatoms. The number of carbonyl (C=O) groups is 1. The van der Waals surface area contributed by atoms with Crippen LogP contribution in [0, 0.1) is 11.3 Å². The summed E-state index contributed by atoms with van der Waals surface area (Å²) in [7, 11) is -3.35. The molecule has 1 atom stereocenters. The van der Waals surface area contributed by atoms with Crippen LogP contribution in [0.3, 0.4) is 0 Å². The van der Waals surface area contributed by atoms with Crippen LogP contribution in [0.15, 0.2) is 47.4 Å². The van der Waals surface area contributed by atoms with Crippen LogP contribution in [-0.2, 0) is 16.4 Å². The van der Waals surface area contributed by atoms with Crippen molar-refractivity contribution in [3.05, 3.63) is 53.9 Å². The van der Waals surface area contributed by atoms with Crippen LogP contribution in [0.2, 0.25) is 0 Å². The average molecular weight is 398 g/mol. The van der Waals surface area contributed by atoms with Gasteiger partial charge in [-0.1, -0.05) is 18.2 Å². The van der Waals surface area contributed by atoms with Gasteiger partial charge in [0.15, 0.2) is 9.84 Å². The van der Waals surface area contributed by atoms with Gasteiger partial charge in [0.05, 0.1) is 16.2 Å². The number of hydrogen-bond acceptors (Lipinski definition) is 4. The number of carbonyl (C=O) groups excluding carboxylic acids is 1. The van der Waals surface area contributed by atoms with Crippen LogP contribution in [0.25, 0.3) is 0 Å². The summed E-state index contributed by atoms with van der Waals surface area (Å²) in [5.74, 6) is 0. The van der Waals surface area contributed by atoms with Gasteiger partial charge in [0, 0.05) is 24.8 Å². The second-order valence-electron chi connectivity index (χ2n) is 7.37. The quantitative estimate of drug-likeness (QED) is 0.859. The van der Waals surface area contributed by atoms with Crippen LogP contribution in [0.4, 0.5) is 4.79 Å². The maximum absolute atomic E-state index is 12.7. The van der Waals surface area contributed by atoms with Crippen LogP contribution >= 0.6 is 0 Å². The van der Waals surface area contributed by atoms with E-state index in [1.165, 1.54) is 0 Å². The molecule has 2 aromatic rings. The minimum Gasteiger partial charge on any atom is -0.335 e. The lowest BCUT2D eigenvalue weighted by Crippen LogP contribution is -2.54. The van der Waals surface area contributed by atoms with Gasteiger partial charge in [0.2, 0.25) is 0 Å². The van der Waals surface area contributed by atoms with Crippen molar-refractivity contribution in [2.24, 2.45) is 0 Å². The van der Waals surface area contributed by atoms with Gasteiger partial charge < -0.3 is 14.8 Å². The minimum absolute atomic E-state index is 0.133. The summed E-state index contributed by atoms with van der Waals surface area (Å²) in [6.07, 6.45) is 0.861. The highest BCUT2D eigenvalue weighted by molar-refractivity contribution is 7.92. The fourth-order valence-electron chi connectivity index (χ4n) is 4.03. The van der Waals surface area contributed by atoms with E-state index < -0.39 is 15.1 Å². The number of nitriles is 1. The number of nitrogens with one attached hydrogen (secondary N) is 1. The fraction of sp³-hybridized carbons (Fsp3) is 0.400. The largest absolute Gasteiger partial charge is 0.335 e. The lowest BCUT2D eigenvalue weighted by molar-refractivity contribution is 0.153. The topological polar surface area (TPSA) is 95.2 Å². The zero-order chi connectivity index (χ0) is 19.9. The monoisotopic (exact) mass is 398 g/mol. The first-order valence-corrected chi connectivity index (χ1v) is 10.9. The normalized spacial score (nSPS) is 24.0. The Morgan fingerprint density at radius 2 is 1.86 bits per heavy atom. The number of aromatic nitrogens is 1. The van der Waals surface area contributed by atoms with E-state index in [2.05, 4.69) is 11.4 Å². The molecule has 0 bridgehead atoms. The molecule has 1 saturated carbocycles. The first-order valence-electron chi connectivity index (χ1n) is 9.37. The molecule has 0 radical (unpaired) electrons. The van der Waals surface area contributed by atoms with Gasteiger partial charge in [-0.25, -0.2) is 13.2 Å². The number of nitrogens with zero attached hydrogens (tertiary/aromatic N) is 3. The predicted octanol–water partition coefficient (Wildman–Crippen LogP) is 2.45. The summed E-state index contributed by atoms with van der Waals surface area (Å²) in [5, 5.41) is 11.7. The van der Waals surface area contributed by atoms with Crippen molar-refractivity contribution < 1.29 is 13.2 Å². The lowest BCUT2D eigenvalue weighted by Gasteiger charge is -2.39. The van der Waals surface area contributed by atoms with Crippen LogP contribution < -0.4 is 5.32 Å². The smallest absolute Gasteiger partial charge is 0.318 e. The highest BCUT2D eigenvalue weighted by atomic mass is 32.2. The number of benzene rings is 1. The van der Waals surface area contributed by atoms with Crippen molar-refractivity contribution in [2.45, 2.75) is 48.5 Å².